The quantitative estimate of drug-likeness (QED) is 0.606. The van der Waals surface area contributed by atoms with Gasteiger partial charge in [-0.15, -0.1) is 5.10 Å². The Morgan fingerprint density at radius 2 is 1.81 bits per heavy atom. The van der Waals surface area contributed by atoms with E-state index in [4.69, 9.17) is 0 Å². The van der Waals surface area contributed by atoms with Gasteiger partial charge in [-0.1, -0.05) is 36.4 Å². The molecule has 3 aromatic heterocycles. The Hall–Kier alpha value is -3.61. The number of fused-ring (bicyclic) bond motifs is 1. The standard InChI is InChI=1S/C20H18N6O/c1-13-12-14(2)26-20(22-13)24-18(25-26)19(27)23-17(15-8-4-3-5-9-15)16-10-6-7-11-21-16/h3-12,17H,1-2H3,(H,23,27). The van der Waals surface area contributed by atoms with Crippen molar-refractivity contribution >= 4 is 11.7 Å². The lowest BCUT2D eigenvalue weighted by Gasteiger charge is -2.17. The Kier molecular flexibility index (Phi) is 4.33. The van der Waals surface area contributed by atoms with Crippen LogP contribution in [0.25, 0.3) is 5.78 Å². The molecule has 1 N–H and O–H groups in total. The van der Waals surface area contributed by atoms with E-state index < -0.39 is 6.04 Å². The number of benzene rings is 1. The van der Waals surface area contributed by atoms with Crippen molar-refractivity contribution in [3.05, 3.63) is 89.3 Å². The summed E-state index contributed by atoms with van der Waals surface area (Å²) in [6.07, 6.45) is 1.71. The smallest absolute Gasteiger partial charge is 0.291 e. The molecular weight excluding hydrogens is 340 g/mol. The summed E-state index contributed by atoms with van der Waals surface area (Å²) in [6, 6.07) is 16.8. The van der Waals surface area contributed by atoms with E-state index in [0.717, 1.165) is 22.6 Å². The van der Waals surface area contributed by atoms with Gasteiger partial charge in [-0.25, -0.2) is 9.50 Å². The number of carbonyl (C=O) groups excluding carboxylic acids is 1. The zero-order valence-electron chi connectivity index (χ0n) is 15.0. The molecule has 0 aliphatic heterocycles. The number of pyridine rings is 1. The van der Waals surface area contributed by atoms with Crippen LogP contribution < -0.4 is 5.32 Å². The molecule has 4 aromatic rings. The summed E-state index contributed by atoms with van der Waals surface area (Å²) in [5, 5.41) is 7.30. The molecule has 3 heterocycles. The fourth-order valence-electron chi connectivity index (χ4n) is 2.98. The predicted molar refractivity (Wildman–Crippen MR) is 100 cm³/mol. The Balaban J connectivity index is 1.69. The van der Waals surface area contributed by atoms with Crippen molar-refractivity contribution in [3.8, 4) is 0 Å². The largest absolute Gasteiger partial charge is 0.337 e. The first kappa shape index (κ1) is 16.8. The molecule has 1 unspecified atom stereocenters. The maximum absolute atomic E-state index is 12.9. The van der Waals surface area contributed by atoms with Crippen molar-refractivity contribution in [2.24, 2.45) is 0 Å². The highest BCUT2D eigenvalue weighted by atomic mass is 16.2. The van der Waals surface area contributed by atoms with Gasteiger partial charge in [-0.2, -0.15) is 4.98 Å². The Labute approximate surface area is 156 Å². The van der Waals surface area contributed by atoms with Gasteiger partial charge >= 0.3 is 0 Å². The molecule has 27 heavy (non-hydrogen) atoms. The summed E-state index contributed by atoms with van der Waals surface area (Å²) in [5.41, 5.74) is 3.37. The van der Waals surface area contributed by atoms with E-state index in [2.05, 4.69) is 25.4 Å². The van der Waals surface area contributed by atoms with Crippen LogP contribution in [0.15, 0.2) is 60.8 Å². The average Bonchev–Trinajstić information content (AvgIpc) is 3.12. The lowest BCUT2D eigenvalue weighted by molar-refractivity contribution is 0.0932. The molecule has 1 atom stereocenters. The topological polar surface area (TPSA) is 85.1 Å². The van der Waals surface area contributed by atoms with Crippen LogP contribution in [0.3, 0.4) is 0 Å². The van der Waals surface area contributed by atoms with Crippen LogP contribution in [0.1, 0.15) is 39.3 Å². The number of aryl methyl sites for hydroxylation is 2. The van der Waals surface area contributed by atoms with Gasteiger partial charge < -0.3 is 5.32 Å². The van der Waals surface area contributed by atoms with Crippen LogP contribution in [0.2, 0.25) is 0 Å². The maximum atomic E-state index is 12.9. The first-order valence-electron chi connectivity index (χ1n) is 8.59. The third-order valence-corrected chi connectivity index (χ3v) is 4.21. The second kappa shape index (κ2) is 6.95. The number of rotatable bonds is 4. The number of amides is 1. The second-order valence-electron chi connectivity index (χ2n) is 6.26. The lowest BCUT2D eigenvalue weighted by Crippen LogP contribution is -2.30. The molecule has 4 rings (SSSR count). The molecule has 0 fully saturated rings. The van der Waals surface area contributed by atoms with Crippen molar-refractivity contribution in [3.63, 3.8) is 0 Å². The highest BCUT2D eigenvalue weighted by Crippen LogP contribution is 2.20. The summed E-state index contributed by atoms with van der Waals surface area (Å²) < 4.78 is 1.57. The minimum Gasteiger partial charge on any atom is -0.337 e. The minimum absolute atomic E-state index is 0.0769. The molecule has 0 radical (unpaired) electrons. The van der Waals surface area contributed by atoms with Gasteiger partial charge in [0.15, 0.2) is 0 Å². The van der Waals surface area contributed by atoms with Gasteiger partial charge in [-0.3, -0.25) is 9.78 Å². The fraction of sp³-hybridized carbons (Fsp3) is 0.150. The molecule has 0 saturated carbocycles. The number of carbonyl (C=O) groups is 1. The first-order chi connectivity index (χ1) is 13.1. The molecule has 134 valence electrons. The Morgan fingerprint density at radius 1 is 1.04 bits per heavy atom. The van der Waals surface area contributed by atoms with Gasteiger partial charge in [0.05, 0.1) is 11.7 Å². The van der Waals surface area contributed by atoms with Gasteiger partial charge in [-0.05, 0) is 37.6 Å². The first-order valence-corrected chi connectivity index (χ1v) is 8.59. The molecule has 0 bridgehead atoms. The second-order valence-corrected chi connectivity index (χ2v) is 6.26. The van der Waals surface area contributed by atoms with E-state index >= 15 is 0 Å². The third kappa shape index (κ3) is 3.39. The zero-order chi connectivity index (χ0) is 18.8. The molecule has 7 nitrogen and oxygen atoms in total. The van der Waals surface area contributed by atoms with Crippen LogP contribution in [0.5, 0.6) is 0 Å². The van der Waals surface area contributed by atoms with E-state index in [9.17, 15) is 4.79 Å². The van der Waals surface area contributed by atoms with Crippen molar-refractivity contribution in [1.29, 1.82) is 0 Å². The van der Waals surface area contributed by atoms with Gasteiger partial charge in [0, 0.05) is 17.6 Å². The SMILES string of the molecule is Cc1cc(C)n2nc(C(=O)NC(c3ccccc3)c3ccccn3)nc2n1. The van der Waals surface area contributed by atoms with Gasteiger partial charge in [0.25, 0.3) is 11.7 Å². The molecule has 1 aromatic carbocycles. The summed E-state index contributed by atoms with van der Waals surface area (Å²) in [6.45, 7) is 3.78. The maximum Gasteiger partial charge on any atom is 0.291 e. The molecule has 0 aliphatic carbocycles. The predicted octanol–water partition coefficient (Wildman–Crippen LogP) is 2.66. The van der Waals surface area contributed by atoms with Crippen LogP contribution in [0.4, 0.5) is 0 Å². The molecule has 0 aliphatic rings. The Bertz CT molecular complexity index is 1050. The zero-order valence-corrected chi connectivity index (χ0v) is 15.0. The van der Waals surface area contributed by atoms with Crippen LogP contribution in [-0.4, -0.2) is 30.5 Å². The molecule has 1 amide bonds. The number of hydrogen-bond acceptors (Lipinski definition) is 5. The average molecular weight is 358 g/mol. The summed E-state index contributed by atoms with van der Waals surface area (Å²) >= 11 is 0. The van der Waals surface area contributed by atoms with Crippen LogP contribution >= 0.6 is 0 Å². The number of hydrogen-bond donors (Lipinski definition) is 1. The highest BCUT2D eigenvalue weighted by Gasteiger charge is 2.22. The van der Waals surface area contributed by atoms with Crippen molar-refractivity contribution in [1.82, 2.24) is 29.9 Å². The van der Waals surface area contributed by atoms with E-state index in [1.165, 1.54) is 0 Å². The molecular formula is C20H18N6O. The number of nitrogens with one attached hydrogen (secondary N) is 1. The summed E-state index contributed by atoms with van der Waals surface area (Å²) in [7, 11) is 0. The lowest BCUT2D eigenvalue weighted by atomic mass is 10.0. The van der Waals surface area contributed by atoms with Gasteiger partial charge in [0.2, 0.25) is 5.82 Å². The molecule has 0 saturated heterocycles. The van der Waals surface area contributed by atoms with Gasteiger partial charge in [0.1, 0.15) is 0 Å². The van der Waals surface area contributed by atoms with Crippen LogP contribution in [0, 0.1) is 13.8 Å². The van der Waals surface area contributed by atoms with Crippen molar-refractivity contribution in [2.45, 2.75) is 19.9 Å². The highest BCUT2D eigenvalue weighted by molar-refractivity contribution is 5.91. The number of aromatic nitrogens is 5. The summed E-state index contributed by atoms with van der Waals surface area (Å²) in [4.78, 5) is 25.9. The van der Waals surface area contributed by atoms with E-state index in [1.807, 2.05) is 68.4 Å². The minimum atomic E-state index is -0.401. The van der Waals surface area contributed by atoms with E-state index in [-0.39, 0.29) is 11.7 Å². The Morgan fingerprint density at radius 3 is 2.56 bits per heavy atom. The molecule has 0 spiro atoms. The molecule has 7 heteroatoms. The number of nitrogens with zero attached hydrogens (tertiary/aromatic N) is 5. The van der Waals surface area contributed by atoms with E-state index in [1.54, 1.807) is 10.7 Å². The normalized spacial score (nSPS) is 12.1. The van der Waals surface area contributed by atoms with Crippen molar-refractivity contribution < 1.29 is 4.79 Å². The van der Waals surface area contributed by atoms with E-state index in [0.29, 0.717) is 5.78 Å². The third-order valence-electron chi connectivity index (χ3n) is 4.21. The van der Waals surface area contributed by atoms with Crippen molar-refractivity contribution in [2.75, 3.05) is 0 Å². The monoisotopic (exact) mass is 358 g/mol. The fourth-order valence-corrected chi connectivity index (χ4v) is 2.98. The van der Waals surface area contributed by atoms with Crippen LogP contribution in [-0.2, 0) is 0 Å². The summed E-state index contributed by atoms with van der Waals surface area (Å²) in [5.74, 6) is 0.108.